The van der Waals surface area contributed by atoms with Crippen molar-refractivity contribution in [2.45, 2.75) is 45.7 Å². The van der Waals surface area contributed by atoms with Gasteiger partial charge in [-0.1, -0.05) is 19.9 Å². The van der Waals surface area contributed by atoms with Gasteiger partial charge in [-0.3, -0.25) is 14.6 Å². The second-order valence-corrected chi connectivity index (χ2v) is 6.77. The summed E-state index contributed by atoms with van der Waals surface area (Å²) in [6, 6.07) is 4.01. The minimum absolute atomic E-state index is 0.0260. The van der Waals surface area contributed by atoms with Crippen LogP contribution in [0.5, 0.6) is 0 Å². The summed E-state index contributed by atoms with van der Waals surface area (Å²) in [5.74, 6) is -1.23. The van der Waals surface area contributed by atoms with Crippen LogP contribution in [0.25, 0.3) is 0 Å². The van der Waals surface area contributed by atoms with Crippen LogP contribution >= 0.6 is 0 Å². The smallest absolute Gasteiger partial charge is 0.234 e. The van der Waals surface area contributed by atoms with E-state index >= 15 is 0 Å². The first-order chi connectivity index (χ1) is 11.9. The lowest BCUT2D eigenvalue weighted by Gasteiger charge is -2.26. The highest BCUT2D eigenvalue weighted by Gasteiger charge is 2.27. The summed E-state index contributed by atoms with van der Waals surface area (Å²) >= 11 is 0. The van der Waals surface area contributed by atoms with Crippen LogP contribution < -0.4 is 5.32 Å². The van der Waals surface area contributed by atoms with Gasteiger partial charge in [0.1, 0.15) is 11.6 Å². The van der Waals surface area contributed by atoms with E-state index in [0.29, 0.717) is 12.6 Å². The van der Waals surface area contributed by atoms with Gasteiger partial charge in [0.25, 0.3) is 0 Å². The number of likely N-dealkylation sites (N-methyl/N-ethyl adjacent to an activating group) is 1. The minimum Gasteiger partial charge on any atom is -0.352 e. The number of likely N-dealkylation sites (tertiary alicyclic amines) is 1. The third-order valence-electron chi connectivity index (χ3n) is 4.92. The molecule has 4 nitrogen and oxygen atoms in total. The molecule has 1 aliphatic rings. The first-order valence-corrected chi connectivity index (χ1v) is 9.13. The van der Waals surface area contributed by atoms with Crippen molar-refractivity contribution in [3.05, 3.63) is 35.4 Å². The number of nitrogens with zero attached hydrogens (tertiary/aromatic N) is 2. The molecule has 1 aromatic rings. The molecule has 6 heteroatoms. The van der Waals surface area contributed by atoms with Gasteiger partial charge >= 0.3 is 0 Å². The second kappa shape index (κ2) is 9.25. The zero-order valence-corrected chi connectivity index (χ0v) is 15.4. The van der Waals surface area contributed by atoms with Crippen molar-refractivity contribution in [1.82, 2.24) is 15.1 Å². The molecule has 25 heavy (non-hydrogen) atoms. The summed E-state index contributed by atoms with van der Waals surface area (Å²) in [7, 11) is 0. The monoisotopic (exact) mass is 353 g/mol. The van der Waals surface area contributed by atoms with E-state index in [1.807, 2.05) is 0 Å². The Morgan fingerprint density at radius 1 is 1.32 bits per heavy atom. The maximum atomic E-state index is 13.7. The number of halogens is 2. The standard InChI is InChI=1S/C19H29F2N3O/c1-4-24(5-2)15-9-10-23(12-15)13-19(25)22-14(3)11-16-17(20)7-6-8-18(16)21/h6-8,14-15H,4-5,9-13H2,1-3H3,(H,22,25)/t14-,15+/m0/s1. The van der Waals surface area contributed by atoms with Gasteiger partial charge in [-0.15, -0.1) is 0 Å². The molecule has 0 spiro atoms. The van der Waals surface area contributed by atoms with Crippen LogP contribution in [0.4, 0.5) is 8.78 Å². The lowest BCUT2D eigenvalue weighted by molar-refractivity contribution is -0.122. The Labute approximate surface area is 149 Å². The summed E-state index contributed by atoms with van der Waals surface area (Å²) in [6.07, 6.45) is 1.22. The molecule has 0 aliphatic carbocycles. The summed E-state index contributed by atoms with van der Waals surface area (Å²) in [6.45, 7) is 10.3. The Morgan fingerprint density at radius 3 is 2.56 bits per heavy atom. The molecule has 2 rings (SSSR count). The number of benzene rings is 1. The van der Waals surface area contributed by atoms with Gasteiger partial charge in [0.15, 0.2) is 0 Å². The van der Waals surface area contributed by atoms with E-state index in [4.69, 9.17) is 0 Å². The summed E-state index contributed by atoms with van der Waals surface area (Å²) < 4.78 is 27.4. The molecular formula is C19H29F2N3O. The number of carbonyl (C=O) groups is 1. The molecule has 1 saturated heterocycles. The van der Waals surface area contributed by atoms with Crippen molar-refractivity contribution in [2.24, 2.45) is 0 Å². The molecule has 140 valence electrons. The topological polar surface area (TPSA) is 35.6 Å². The molecule has 0 radical (unpaired) electrons. The van der Waals surface area contributed by atoms with E-state index in [9.17, 15) is 13.6 Å². The predicted octanol–water partition coefficient (Wildman–Crippen LogP) is 2.43. The van der Waals surface area contributed by atoms with Crippen molar-refractivity contribution in [1.29, 1.82) is 0 Å². The molecule has 1 fully saturated rings. The SMILES string of the molecule is CCN(CC)[C@@H]1CCN(CC(=O)N[C@@H](C)Cc2c(F)cccc2F)C1. The van der Waals surface area contributed by atoms with Gasteiger partial charge < -0.3 is 5.32 Å². The number of nitrogens with one attached hydrogen (secondary N) is 1. The Bertz CT molecular complexity index is 558. The highest BCUT2D eigenvalue weighted by Crippen LogP contribution is 2.16. The molecule has 2 atom stereocenters. The molecule has 1 amide bonds. The van der Waals surface area contributed by atoms with Gasteiger partial charge in [0, 0.05) is 30.7 Å². The maximum absolute atomic E-state index is 13.7. The molecule has 0 aromatic heterocycles. The van der Waals surface area contributed by atoms with Crippen LogP contribution in [0.3, 0.4) is 0 Å². The summed E-state index contributed by atoms with van der Waals surface area (Å²) in [5, 5.41) is 2.85. The molecule has 1 aromatic carbocycles. The quantitative estimate of drug-likeness (QED) is 0.780. The van der Waals surface area contributed by atoms with E-state index in [1.165, 1.54) is 18.2 Å². The van der Waals surface area contributed by atoms with Crippen molar-refractivity contribution in [3.8, 4) is 0 Å². The van der Waals surface area contributed by atoms with Crippen molar-refractivity contribution in [3.63, 3.8) is 0 Å². The van der Waals surface area contributed by atoms with Crippen LogP contribution in [-0.2, 0) is 11.2 Å². The first kappa shape index (κ1) is 19.8. The van der Waals surface area contributed by atoms with Crippen LogP contribution in [0, 0.1) is 11.6 Å². The Hall–Kier alpha value is -1.53. The molecule has 0 bridgehead atoms. The highest BCUT2D eigenvalue weighted by molar-refractivity contribution is 5.78. The van der Waals surface area contributed by atoms with E-state index < -0.39 is 11.6 Å². The Kier molecular flexibility index (Phi) is 7.32. The van der Waals surface area contributed by atoms with Crippen molar-refractivity contribution < 1.29 is 13.6 Å². The third-order valence-corrected chi connectivity index (χ3v) is 4.92. The molecule has 0 saturated carbocycles. The van der Waals surface area contributed by atoms with E-state index in [-0.39, 0.29) is 23.9 Å². The average molecular weight is 353 g/mol. The summed E-state index contributed by atoms with van der Waals surface area (Å²) in [4.78, 5) is 16.8. The highest BCUT2D eigenvalue weighted by atomic mass is 19.1. The molecular weight excluding hydrogens is 324 g/mol. The molecule has 1 N–H and O–H groups in total. The molecule has 0 unspecified atom stereocenters. The largest absolute Gasteiger partial charge is 0.352 e. The number of hydrogen-bond acceptors (Lipinski definition) is 3. The lowest BCUT2D eigenvalue weighted by atomic mass is 10.1. The number of rotatable bonds is 8. The van der Waals surface area contributed by atoms with E-state index in [1.54, 1.807) is 6.92 Å². The number of amides is 1. The summed E-state index contributed by atoms with van der Waals surface area (Å²) in [5.41, 5.74) is 0.0260. The fourth-order valence-electron chi connectivity index (χ4n) is 3.60. The van der Waals surface area contributed by atoms with Gasteiger partial charge in [-0.05, 0) is 45.0 Å². The van der Waals surface area contributed by atoms with Crippen molar-refractivity contribution >= 4 is 5.91 Å². The zero-order valence-electron chi connectivity index (χ0n) is 15.4. The normalized spacial score (nSPS) is 19.4. The third kappa shape index (κ3) is 5.47. The van der Waals surface area contributed by atoms with Crippen molar-refractivity contribution in [2.75, 3.05) is 32.7 Å². The lowest BCUT2D eigenvalue weighted by Crippen LogP contribution is -2.43. The van der Waals surface area contributed by atoms with Crippen LogP contribution in [-0.4, -0.2) is 60.5 Å². The van der Waals surface area contributed by atoms with Gasteiger partial charge in [0.05, 0.1) is 6.54 Å². The van der Waals surface area contributed by atoms with Crippen LogP contribution in [0.15, 0.2) is 18.2 Å². The van der Waals surface area contributed by atoms with Crippen LogP contribution in [0.2, 0.25) is 0 Å². The first-order valence-electron chi connectivity index (χ1n) is 9.13. The average Bonchev–Trinajstić information content (AvgIpc) is 3.00. The Morgan fingerprint density at radius 2 is 1.96 bits per heavy atom. The molecule has 1 aliphatic heterocycles. The maximum Gasteiger partial charge on any atom is 0.234 e. The van der Waals surface area contributed by atoms with Gasteiger partial charge in [0.2, 0.25) is 5.91 Å². The van der Waals surface area contributed by atoms with Gasteiger partial charge in [-0.25, -0.2) is 8.78 Å². The number of hydrogen-bond donors (Lipinski definition) is 1. The van der Waals surface area contributed by atoms with E-state index in [2.05, 4.69) is 29.0 Å². The Balaban J connectivity index is 1.80. The zero-order chi connectivity index (χ0) is 18.4. The van der Waals surface area contributed by atoms with Crippen LogP contribution in [0.1, 0.15) is 32.8 Å². The predicted molar refractivity (Wildman–Crippen MR) is 95.4 cm³/mol. The minimum atomic E-state index is -0.567. The van der Waals surface area contributed by atoms with E-state index in [0.717, 1.165) is 32.6 Å². The fourth-order valence-corrected chi connectivity index (χ4v) is 3.60. The number of carbonyl (C=O) groups excluding carboxylic acids is 1. The fraction of sp³-hybridized carbons (Fsp3) is 0.632. The second-order valence-electron chi connectivity index (χ2n) is 6.77. The molecule has 1 heterocycles. The van der Waals surface area contributed by atoms with Gasteiger partial charge in [-0.2, -0.15) is 0 Å².